The minimum absolute atomic E-state index is 0.000932. The lowest BCUT2D eigenvalue weighted by atomic mass is 9.91. The molecule has 0 bridgehead atoms. The third-order valence-electron chi connectivity index (χ3n) is 4.42. The van der Waals surface area contributed by atoms with E-state index < -0.39 is 0 Å². The number of nitrogens with one attached hydrogen (secondary N) is 1. The zero-order chi connectivity index (χ0) is 18.4. The first-order valence-electron chi connectivity index (χ1n) is 9.04. The first-order valence-corrected chi connectivity index (χ1v) is 9.04. The maximum absolute atomic E-state index is 13.1. The number of benzene rings is 1. The van der Waals surface area contributed by atoms with Crippen LogP contribution in [0.2, 0.25) is 0 Å². The van der Waals surface area contributed by atoms with Crippen molar-refractivity contribution in [3.8, 4) is 0 Å². The van der Waals surface area contributed by atoms with Gasteiger partial charge in [0, 0.05) is 32.0 Å². The largest absolute Gasteiger partial charge is 0.353 e. The molecule has 1 aromatic rings. The van der Waals surface area contributed by atoms with E-state index in [0.717, 1.165) is 18.4 Å². The molecule has 0 spiro atoms. The minimum atomic E-state index is -0.273. The van der Waals surface area contributed by atoms with Crippen LogP contribution in [0, 0.1) is 11.2 Å². The van der Waals surface area contributed by atoms with Gasteiger partial charge in [-0.15, -0.1) is 0 Å². The molecule has 1 heterocycles. The van der Waals surface area contributed by atoms with Gasteiger partial charge < -0.3 is 10.2 Å². The van der Waals surface area contributed by atoms with E-state index in [1.807, 2.05) is 11.0 Å². The van der Waals surface area contributed by atoms with Crippen LogP contribution < -0.4 is 5.32 Å². The number of rotatable bonds is 5. The Balaban J connectivity index is 1.70. The van der Waals surface area contributed by atoms with Crippen LogP contribution in [0.1, 0.15) is 52.0 Å². The highest BCUT2D eigenvalue weighted by atomic mass is 19.1. The molecule has 1 aromatic carbocycles. The summed E-state index contributed by atoms with van der Waals surface area (Å²) in [6.07, 6.45) is 3.03. The molecule has 0 aromatic heterocycles. The van der Waals surface area contributed by atoms with Crippen LogP contribution in [0.25, 0.3) is 0 Å². The summed E-state index contributed by atoms with van der Waals surface area (Å²) in [6.45, 7) is 7.59. The van der Waals surface area contributed by atoms with Crippen LogP contribution in [-0.4, -0.2) is 35.8 Å². The predicted molar refractivity (Wildman–Crippen MR) is 96.5 cm³/mol. The van der Waals surface area contributed by atoms with Gasteiger partial charge in [-0.25, -0.2) is 4.39 Å². The summed E-state index contributed by atoms with van der Waals surface area (Å²) in [5.41, 5.74) is 0.830. The van der Waals surface area contributed by atoms with E-state index in [2.05, 4.69) is 26.1 Å². The molecule has 25 heavy (non-hydrogen) atoms. The predicted octanol–water partition coefficient (Wildman–Crippen LogP) is 3.30. The Kier molecular flexibility index (Phi) is 6.57. The highest BCUT2D eigenvalue weighted by Crippen LogP contribution is 2.21. The molecule has 1 aliphatic rings. The number of halogens is 1. The summed E-state index contributed by atoms with van der Waals surface area (Å²) in [5, 5.41) is 3.04. The second kappa shape index (κ2) is 8.45. The summed E-state index contributed by atoms with van der Waals surface area (Å²) in [6, 6.07) is 6.48. The maximum atomic E-state index is 13.1. The molecular weight excluding hydrogens is 319 g/mol. The SMILES string of the molecule is CC(C)(C)CC(=O)N1CCC(NC(=O)CCc2cccc(F)c2)CC1. The van der Waals surface area contributed by atoms with Gasteiger partial charge in [0.25, 0.3) is 0 Å². The van der Waals surface area contributed by atoms with Crippen molar-refractivity contribution < 1.29 is 14.0 Å². The topological polar surface area (TPSA) is 49.4 Å². The van der Waals surface area contributed by atoms with Crippen molar-refractivity contribution in [3.05, 3.63) is 35.6 Å². The fourth-order valence-corrected chi connectivity index (χ4v) is 3.09. The van der Waals surface area contributed by atoms with Gasteiger partial charge in [0.1, 0.15) is 5.82 Å². The van der Waals surface area contributed by atoms with Crippen LogP contribution in [0.3, 0.4) is 0 Å². The lowest BCUT2D eigenvalue weighted by Crippen LogP contribution is -2.47. The smallest absolute Gasteiger partial charge is 0.223 e. The number of hydrogen-bond donors (Lipinski definition) is 1. The van der Waals surface area contributed by atoms with E-state index in [1.54, 1.807) is 6.07 Å². The van der Waals surface area contributed by atoms with E-state index in [1.165, 1.54) is 12.1 Å². The van der Waals surface area contributed by atoms with Crippen LogP contribution >= 0.6 is 0 Å². The monoisotopic (exact) mass is 348 g/mol. The van der Waals surface area contributed by atoms with Gasteiger partial charge in [-0.1, -0.05) is 32.9 Å². The van der Waals surface area contributed by atoms with E-state index >= 15 is 0 Å². The first kappa shape index (κ1) is 19.4. The number of hydrogen-bond acceptors (Lipinski definition) is 2. The van der Waals surface area contributed by atoms with Crippen LogP contribution in [0.15, 0.2) is 24.3 Å². The molecule has 0 radical (unpaired) electrons. The van der Waals surface area contributed by atoms with Gasteiger partial charge in [-0.2, -0.15) is 0 Å². The van der Waals surface area contributed by atoms with E-state index in [9.17, 15) is 14.0 Å². The Morgan fingerprint density at radius 3 is 2.52 bits per heavy atom. The fourth-order valence-electron chi connectivity index (χ4n) is 3.09. The zero-order valence-corrected chi connectivity index (χ0v) is 15.5. The molecule has 4 nitrogen and oxygen atoms in total. The van der Waals surface area contributed by atoms with Crippen molar-refractivity contribution in [3.63, 3.8) is 0 Å². The molecule has 2 amide bonds. The molecule has 0 saturated carbocycles. The van der Waals surface area contributed by atoms with Crippen molar-refractivity contribution in [2.45, 2.75) is 58.9 Å². The minimum Gasteiger partial charge on any atom is -0.353 e. The van der Waals surface area contributed by atoms with E-state index in [0.29, 0.717) is 32.4 Å². The van der Waals surface area contributed by atoms with Crippen LogP contribution in [-0.2, 0) is 16.0 Å². The molecule has 0 atom stereocenters. The van der Waals surface area contributed by atoms with Crippen molar-refractivity contribution in [2.75, 3.05) is 13.1 Å². The average Bonchev–Trinajstić information content (AvgIpc) is 2.52. The second-order valence-corrected chi connectivity index (χ2v) is 8.09. The van der Waals surface area contributed by atoms with Gasteiger partial charge in [0.2, 0.25) is 11.8 Å². The lowest BCUT2D eigenvalue weighted by Gasteiger charge is -2.34. The molecule has 1 saturated heterocycles. The summed E-state index contributed by atoms with van der Waals surface area (Å²) in [4.78, 5) is 26.2. The molecule has 2 rings (SSSR count). The van der Waals surface area contributed by atoms with Gasteiger partial charge in [-0.05, 0) is 42.4 Å². The standard InChI is InChI=1S/C20H29FN2O2/c1-20(2,3)14-19(25)23-11-9-17(10-12-23)22-18(24)8-7-15-5-4-6-16(21)13-15/h4-6,13,17H,7-12,14H2,1-3H3,(H,22,24). The molecule has 0 unspecified atom stereocenters. The van der Waals surface area contributed by atoms with Gasteiger partial charge in [0.05, 0.1) is 0 Å². The van der Waals surface area contributed by atoms with Gasteiger partial charge in [0.15, 0.2) is 0 Å². The molecule has 5 heteroatoms. The lowest BCUT2D eigenvalue weighted by molar-refractivity contribution is -0.134. The average molecular weight is 348 g/mol. The molecule has 0 aliphatic carbocycles. The molecule has 1 N–H and O–H groups in total. The number of amides is 2. The molecule has 138 valence electrons. The third-order valence-corrected chi connectivity index (χ3v) is 4.42. The molecule has 1 fully saturated rings. The maximum Gasteiger partial charge on any atom is 0.223 e. The highest BCUT2D eigenvalue weighted by molar-refractivity contribution is 5.77. The quantitative estimate of drug-likeness (QED) is 0.887. The van der Waals surface area contributed by atoms with Crippen molar-refractivity contribution in [1.82, 2.24) is 10.2 Å². The number of nitrogens with zero attached hydrogens (tertiary/aromatic N) is 1. The van der Waals surface area contributed by atoms with Gasteiger partial charge >= 0.3 is 0 Å². The van der Waals surface area contributed by atoms with Crippen LogP contribution in [0.5, 0.6) is 0 Å². The summed E-state index contributed by atoms with van der Waals surface area (Å²) >= 11 is 0. The Morgan fingerprint density at radius 2 is 1.92 bits per heavy atom. The highest BCUT2D eigenvalue weighted by Gasteiger charge is 2.26. The zero-order valence-electron chi connectivity index (χ0n) is 15.5. The van der Waals surface area contributed by atoms with Crippen LogP contribution in [0.4, 0.5) is 4.39 Å². The van der Waals surface area contributed by atoms with Crippen molar-refractivity contribution >= 4 is 11.8 Å². The number of piperidine rings is 1. The van der Waals surface area contributed by atoms with E-state index in [4.69, 9.17) is 0 Å². The summed E-state index contributed by atoms with van der Waals surface area (Å²) < 4.78 is 13.1. The van der Waals surface area contributed by atoms with Gasteiger partial charge in [-0.3, -0.25) is 9.59 Å². The number of aryl methyl sites for hydroxylation is 1. The Labute approximate surface area is 149 Å². The summed E-state index contributed by atoms with van der Waals surface area (Å²) in [7, 11) is 0. The fraction of sp³-hybridized carbons (Fsp3) is 0.600. The van der Waals surface area contributed by atoms with Crippen molar-refractivity contribution in [2.24, 2.45) is 5.41 Å². The number of carbonyl (C=O) groups is 2. The molecule has 1 aliphatic heterocycles. The van der Waals surface area contributed by atoms with Crippen molar-refractivity contribution in [1.29, 1.82) is 0 Å². The normalized spacial score (nSPS) is 15.9. The molecular formula is C20H29FN2O2. The Morgan fingerprint density at radius 1 is 1.24 bits per heavy atom. The number of carbonyl (C=O) groups excluding carboxylic acids is 2. The van der Waals surface area contributed by atoms with E-state index in [-0.39, 0.29) is 29.1 Å². The first-order chi connectivity index (χ1) is 11.7. The second-order valence-electron chi connectivity index (χ2n) is 8.09. The third kappa shape index (κ3) is 6.85. The summed E-state index contributed by atoms with van der Waals surface area (Å²) in [5.74, 6) is -0.0858. The Hall–Kier alpha value is -1.91. The Bertz CT molecular complexity index is 602. The number of likely N-dealkylation sites (tertiary alicyclic amines) is 1.